The van der Waals surface area contributed by atoms with Crippen molar-refractivity contribution in [1.82, 2.24) is 5.32 Å². The molecule has 0 spiro atoms. The fourth-order valence-electron chi connectivity index (χ4n) is 2.58. The number of nitrogens with one attached hydrogen (secondary N) is 1. The number of carbonyl (C=O) groups is 1. The van der Waals surface area contributed by atoms with E-state index in [0.29, 0.717) is 12.0 Å². The number of amides is 1. The molecule has 1 atom stereocenters. The van der Waals surface area contributed by atoms with Crippen molar-refractivity contribution in [1.29, 1.82) is 0 Å². The summed E-state index contributed by atoms with van der Waals surface area (Å²) in [7, 11) is 0. The van der Waals surface area contributed by atoms with E-state index in [4.69, 9.17) is 0 Å². The van der Waals surface area contributed by atoms with Gasteiger partial charge in [0.25, 0.3) is 5.91 Å². The lowest BCUT2D eigenvalue weighted by atomic mass is 10.1. The largest absolute Gasteiger partial charge is 0.508 e. The Kier molecular flexibility index (Phi) is 3.14. The summed E-state index contributed by atoms with van der Waals surface area (Å²) in [5, 5.41) is 12.4. The van der Waals surface area contributed by atoms with Gasteiger partial charge in [0.1, 0.15) is 11.6 Å². The number of phenolic OH excluding ortho intramolecular Hbond substituents is 1. The van der Waals surface area contributed by atoms with Gasteiger partial charge in [-0.05, 0) is 60.4 Å². The van der Waals surface area contributed by atoms with Crippen LogP contribution in [-0.4, -0.2) is 17.1 Å². The molecule has 0 radical (unpaired) electrons. The first-order valence-corrected chi connectivity index (χ1v) is 6.49. The molecule has 3 rings (SSSR count). The number of halogens is 1. The maximum absolute atomic E-state index is 12.8. The highest BCUT2D eigenvalue weighted by atomic mass is 19.1. The Morgan fingerprint density at radius 1 is 1.10 bits per heavy atom. The van der Waals surface area contributed by atoms with Gasteiger partial charge in [0.2, 0.25) is 0 Å². The van der Waals surface area contributed by atoms with Crippen LogP contribution in [0.1, 0.15) is 21.5 Å². The number of benzene rings is 2. The van der Waals surface area contributed by atoms with Crippen molar-refractivity contribution >= 4 is 5.91 Å². The molecule has 0 saturated heterocycles. The van der Waals surface area contributed by atoms with Crippen molar-refractivity contribution in [2.45, 2.75) is 18.9 Å². The molecule has 1 amide bonds. The molecule has 4 heteroatoms. The standard InChI is InChI=1S/C16H14FNO2/c17-13-4-1-10(2-5-13)16(20)18-14-7-11-3-6-15(19)9-12(11)8-14/h1-6,9,14,19H,7-8H2,(H,18,20). The van der Waals surface area contributed by atoms with Crippen LogP contribution in [0.4, 0.5) is 4.39 Å². The van der Waals surface area contributed by atoms with Crippen LogP contribution in [0.25, 0.3) is 0 Å². The molecule has 0 aromatic heterocycles. The molecule has 20 heavy (non-hydrogen) atoms. The summed E-state index contributed by atoms with van der Waals surface area (Å²) in [6.07, 6.45) is 1.46. The molecule has 3 nitrogen and oxygen atoms in total. The number of hydrogen-bond donors (Lipinski definition) is 2. The maximum atomic E-state index is 12.8. The lowest BCUT2D eigenvalue weighted by Gasteiger charge is -2.11. The minimum atomic E-state index is -0.356. The van der Waals surface area contributed by atoms with Crippen molar-refractivity contribution < 1.29 is 14.3 Å². The molecule has 0 heterocycles. The SMILES string of the molecule is O=C(NC1Cc2ccc(O)cc2C1)c1ccc(F)cc1. The van der Waals surface area contributed by atoms with Crippen LogP contribution in [0.15, 0.2) is 42.5 Å². The second-order valence-electron chi connectivity index (χ2n) is 5.04. The minimum Gasteiger partial charge on any atom is -0.508 e. The molecule has 2 aromatic rings. The number of carbonyl (C=O) groups excluding carboxylic acids is 1. The normalized spacial score (nSPS) is 16.8. The van der Waals surface area contributed by atoms with Crippen LogP contribution in [0.3, 0.4) is 0 Å². The molecular formula is C16H14FNO2. The first-order valence-electron chi connectivity index (χ1n) is 6.49. The average Bonchev–Trinajstić information content (AvgIpc) is 2.80. The zero-order valence-electron chi connectivity index (χ0n) is 10.8. The molecule has 1 aliphatic carbocycles. The summed E-state index contributed by atoms with van der Waals surface area (Å²) in [5.41, 5.74) is 2.66. The van der Waals surface area contributed by atoms with Gasteiger partial charge in [0.15, 0.2) is 0 Å². The summed E-state index contributed by atoms with van der Waals surface area (Å²) < 4.78 is 12.8. The van der Waals surface area contributed by atoms with E-state index in [-0.39, 0.29) is 23.5 Å². The average molecular weight is 271 g/mol. The molecule has 1 aliphatic rings. The highest BCUT2D eigenvalue weighted by molar-refractivity contribution is 5.94. The maximum Gasteiger partial charge on any atom is 0.251 e. The second kappa shape index (κ2) is 4.96. The van der Waals surface area contributed by atoms with E-state index < -0.39 is 0 Å². The van der Waals surface area contributed by atoms with Crippen LogP contribution in [-0.2, 0) is 12.8 Å². The van der Waals surface area contributed by atoms with Gasteiger partial charge in [-0.25, -0.2) is 4.39 Å². The predicted molar refractivity (Wildman–Crippen MR) is 73.2 cm³/mol. The number of rotatable bonds is 2. The molecule has 102 valence electrons. The molecule has 2 aromatic carbocycles. The van der Waals surface area contributed by atoms with Crippen molar-refractivity contribution in [3.05, 3.63) is 65.0 Å². The first kappa shape index (κ1) is 12.7. The Labute approximate surface area is 116 Å². The van der Waals surface area contributed by atoms with E-state index in [1.54, 1.807) is 12.1 Å². The number of fused-ring (bicyclic) bond motifs is 1. The Balaban J connectivity index is 1.68. The van der Waals surface area contributed by atoms with E-state index in [2.05, 4.69) is 5.32 Å². The molecule has 2 N–H and O–H groups in total. The Hall–Kier alpha value is -2.36. The zero-order chi connectivity index (χ0) is 14.1. The lowest BCUT2D eigenvalue weighted by molar-refractivity contribution is 0.0938. The van der Waals surface area contributed by atoms with Crippen LogP contribution < -0.4 is 5.32 Å². The third-order valence-corrected chi connectivity index (χ3v) is 3.56. The topological polar surface area (TPSA) is 49.3 Å². The second-order valence-corrected chi connectivity index (χ2v) is 5.04. The van der Waals surface area contributed by atoms with E-state index in [1.807, 2.05) is 6.07 Å². The Bertz CT molecular complexity index is 652. The molecule has 0 fully saturated rings. The van der Waals surface area contributed by atoms with Crippen LogP contribution in [0.2, 0.25) is 0 Å². The predicted octanol–water partition coefficient (Wildman–Crippen LogP) is 2.43. The van der Waals surface area contributed by atoms with Crippen LogP contribution in [0.5, 0.6) is 5.75 Å². The fourth-order valence-corrected chi connectivity index (χ4v) is 2.58. The summed E-state index contributed by atoms with van der Waals surface area (Å²) in [6, 6.07) is 10.8. The van der Waals surface area contributed by atoms with Crippen LogP contribution >= 0.6 is 0 Å². The van der Waals surface area contributed by atoms with Crippen molar-refractivity contribution in [3.63, 3.8) is 0 Å². The summed E-state index contributed by atoms with van der Waals surface area (Å²) >= 11 is 0. The van der Waals surface area contributed by atoms with Gasteiger partial charge in [-0.3, -0.25) is 4.79 Å². The van der Waals surface area contributed by atoms with E-state index in [9.17, 15) is 14.3 Å². The lowest BCUT2D eigenvalue weighted by Crippen LogP contribution is -2.35. The van der Waals surface area contributed by atoms with E-state index in [1.165, 1.54) is 24.3 Å². The third-order valence-electron chi connectivity index (χ3n) is 3.56. The third kappa shape index (κ3) is 2.50. The smallest absolute Gasteiger partial charge is 0.251 e. The Morgan fingerprint density at radius 3 is 2.55 bits per heavy atom. The van der Waals surface area contributed by atoms with Crippen molar-refractivity contribution in [3.8, 4) is 5.75 Å². The monoisotopic (exact) mass is 271 g/mol. The van der Waals surface area contributed by atoms with E-state index >= 15 is 0 Å². The zero-order valence-corrected chi connectivity index (χ0v) is 10.8. The van der Waals surface area contributed by atoms with Gasteiger partial charge in [-0.15, -0.1) is 0 Å². The van der Waals surface area contributed by atoms with Gasteiger partial charge in [-0.2, -0.15) is 0 Å². The number of phenols is 1. The molecule has 0 aliphatic heterocycles. The van der Waals surface area contributed by atoms with Gasteiger partial charge < -0.3 is 10.4 Å². The van der Waals surface area contributed by atoms with Gasteiger partial charge >= 0.3 is 0 Å². The summed E-state index contributed by atoms with van der Waals surface area (Å²) in [6.45, 7) is 0. The Morgan fingerprint density at radius 2 is 1.80 bits per heavy atom. The molecule has 1 unspecified atom stereocenters. The van der Waals surface area contributed by atoms with Crippen molar-refractivity contribution in [2.24, 2.45) is 0 Å². The minimum absolute atomic E-state index is 0.0179. The molecule has 0 saturated carbocycles. The molecule has 0 bridgehead atoms. The van der Waals surface area contributed by atoms with Gasteiger partial charge in [0.05, 0.1) is 0 Å². The van der Waals surface area contributed by atoms with Gasteiger partial charge in [0, 0.05) is 11.6 Å². The number of aromatic hydroxyl groups is 1. The first-order chi connectivity index (χ1) is 9.61. The summed E-state index contributed by atoms with van der Waals surface area (Å²) in [4.78, 5) is 12.0. The van der Waals surface area contributed by atoms with Crippen LogP contribution in [0, 0.1) is 5.82 Å². The van der Waals surface area contributed by atoms with Gasteiger partial charge in [-0.1, -0.05) is 6.07 Å². The molecular weight excluding hydrogens is 257 g/mol. The van der Waals surface area contributed by atoms with E-state index in [0.717, 1.165) is 17.5 Å². The fraction of sp³-hybridized carbons (Fsp3) is 0.188. The number of hydrogen-bond acceptors (Lipinski definition) is 2. The quantitative estimate of drug-likeness (QED) is 0.881. The summed E-state index contributed by atoms with van der Waals surface area (Å²) in [5.74, 6) is -0.313. The highest BCUT2D eigenvalue weighted by Gasteiger charge is 2.23. The highest BCUT2D eigenvalue weighted by Crippen LogP contribution is 2.25. The van der Waals surface area contributed by atoms with Crippen molar-refractivity contribution in [2.75, 3.05) is 0 Å².